The van der Waals surface area contributed by atoms with Crippen LogP contribution in [0.15, 0.2) is 30.3 Å². The Bertz CT molecular complexity index is 492. The van der Waals surface area contributed by atoms with Gasteiger partial charge in [0.1, 0.15) is 11.7 Å². The maximum absolute atomic E-state index is 11.8. The highest BCUT2D eigenvalue weighted by Crippen LogP contribution is 2.30. The van der Waals surface area contributed by atoms with E-state index in [2.05, 4.69) is 5.32 Å². The average molecular weight is 277 g/mol. The molecule has 0 unspecified atom stereocenters. The van der Waals surface area contributed by atoms with Crippen LogP contribution in [-0.4, -0.2) is 23.7 Å². The molecule has 0 aliphatic carbocycles. The number of carbonyl (C=O) groups excluding carboxylic acids is 2. The van der Waals surface area contributed by atoms with E-state index in [0.717, 1.165) is 5.56 Å². The van der Waals surface area contributed by atoms with E-state index in [-0.39, 0.29) is 12.4 Å². The molecule has 2 rings (SSSR count). The zero-order valence-electron chi connectivity index (χ0n) is 11.9. The molecule has 20 heavy (non-hydrogen) atoms. The van der Waals surface area contributed by atoms with Gasteiger partial charge >= 0.3 is 12.1 Å². The lowest BCUT2D eigenvalue weighted by atomic mass is 10.0. The summed E-state index contributed by atoms with van der Waals surface area (Å²) in [7, 11) is 0. The van der Waals surface area contributed by atoms with E-state index in [1.54, 1.807) is 20.8 Å². The van der Waals surface area contributed by atoms with Crippen LogP contribution in [0.3, 0.4) is 0 Å². The molecule has 1 amide bonds. The molecule has 1 fully saturated rings. The SMILES string of the molecule is CC(C)(C)OC(=O)N[C@@H]1CC(=O)O[C@H]1c1ccccc1. The molecular formula is C15H19NO4. The van der Waals surface area contributed by atoms with Gasteiger partial charge in [-0.2, -0.15) is 0 Å². The van der Waals surface area contributed by atoms with E-state index in [4.69, 9.17) is 9.47 Å². The number of carbonyl (C=O) groups is 2. The highest BCUT2D eigenvalue weighted by molar-refractivity contribution is 5.76. The standard InChI is InChI=1S/C15H19NO4/c1-15(2,3)20-14(18)16-11-9-12(17)19-13(11)10-7-5-4-6-8-10/h4-8,11,13H,9H2,1-3H3,(H,16,18)/t11-,13+/m1/s1. The highest BCUT2D eigenvalue weighted by Gasteiger charge is 2.37. The van der Waals surface area contributed by atoms with Gasteiger partial charge in [-0.1, -0.05) is 30.3 Å². The molecule has 1 aliphatic rings. The number of nitrogens with one attached hydrogen (secondary N) is 1. The molecule has 0 spiro atoms. The number of benzene rings is 1. The summed E-state index contributed by atoms with van der Waals surface area (Å²) < 4.78 is 10.5. The van der Waals surface area contributed by atoms with Crippen LogP contribution in [0.4, 0.5) is 4.79 Å². The molecule has 2 atom stereocenters. The van der Waals surface area contributed by atoms with Crippen molar-refractivity contribution in [2.45, 2.75) is 44.9 Å². The van der Waals surface area contributed by atoms with E-state index in [1.807, 2.05) is 30.3 Å². The van der Waals surface area contributed by atoms with Crippen LogP contribution < -0.4 is 5.32 Å². The number of ether oxygens (including phenoxy) is 2. The number of rotatable bonds is 2. The molecule has 0 saturated carbocycles. The Kier molecular flexibility index (Phi) is 3.97. The molecule has 1 aliphatic heterocycles. The van der Waals surface area contributed by atoms with E-state index < -0.39 is 23.8 Å². The van der Waals surface area contributed by atoms with Crippen molar-refractivity contribution in [1.29, 1.82) is 0 Å². The fourth-order valence-electron chi connectivity index (χ4n) is 2.09. The van der Waals surface area contributed by atoms with Crippen molar-refractivity contribution in [2.75, 3.05) is 0 Å². The van der Waals surface area contributed by atoms with Crippen LogP contribution >= 0.6 is 0 Å². The van der Waals surface area contributed by atoms with Gasteiger partial charge in [0.2, 0.25) is 0 Å². The quantitative estimate of drug-likeness (QED) is 0.844. The number of hydrogen-bond donors (Lipinski definition) is 1. The minimum atomic E-state index is -0.574. The molecule has 1 aromatic rings. The van der Waals surface area contributed by atoms with Crippen LogP contribution in [-0.2, 0) is 14.3 Å². The third-order valence-corrected chi connectivity index (χ3v) is 2.84. The lowest BCUT2D eigenvalue weighted by Crippen LogP contribution is -2.40. The Balaban J connectivity index is 2.06. The Morgan fingerprint density at radius 1 is 1.30 bits per heavy atom. The van der Waals surface area contributed by atoms with Gasteiger partial charge in [0.25, 0.3) is 0 Å². The summed E-state index contributed by atoms with van der Waals surface area (Å²) in [6, 6.07) is 8.95. The maximum atomic E-state index is 11.8. The maximum Gasteiger partial charge on any atom is 0.408 e. The average Bonchev–Trinajstić information content (AvgIpc) is 2.68. The highest BCUT2D eigenvalue weighted by atomic mass is 16.6. The van der Waals surface area contributed by atoms with E-state index in [9.17, 15) is 9.59 Å². The van der Waals surface area contributed by atoms with Crippen LogP contribution in [0, 0.1) is 0 Å². The van der Waals surface area contributed by atoms with Crippen LogP contribution in [0.1, 0.15) is 38.9 Å². The van der Waals surface area contributed by atoms with Crippen molar-refractivity contribution in [3.8, 4) is 0 Å². The Labute approximate surface area is 118 Å². The fraction of sp³-hybridized carbons (Fsp3) is 0.467. The van der Waals surface area contributed by atoms with Crippen molar-refractivity contribution < 1.29 is 19.1 Å². The van der Waals surface area contributed by atoms with E-state index in [0.29, 0.717) is 0 Å². The second-order valence-electron chi connectivity index (χ2n) is 5.78. The Morgan fingerprint density at radius 3 is 2.55 bits per heavy atom. The third kappa shape index (κ3) is 3.73. The van der Waals surface area contributed by atoms with Crippen molar-refractivity contribution in [3.63, 3.8) is 0 Å². The normalized spacial score (nSPS) is 22.2. The van der Waals surface area contributed by atoms with Crippen molar-refractivity contribution in [3.05, 3.63) is 35.9 Å². The van der Waals surface area contributed by atoms with Crippen molar-refractivity contribution in [1.82, 2.24) is 5.32 Å². The number of alkyl carbamates (subject to hydrolysis) is 1. The fourth-order valence-corrected chi connectivity index (χ4v) is 2.09. The third-order valence-electron chi connectivity index (χ3n) is 2.84. The van der Waals surface area contributed by atoms with E-state index >= 15 is 0 Å². The zero-order valence-corrected chi connectivity index (χ0v) is 11.9. The molecular weight excluding hydrogens is 258 g/mol. The van der Waals surface area contributed by atoms with Crippen molar-refractivity contribution in [2.24, 2.45) is 0 Å². The van der Waals surface area contributed by atoms with Gasteiger partial charge in [-0.15, -0.1) is 0 Å². The first-order valence-electron chi connectivity index (χ1n) is 6.59. The summed E-state index contributed by atoms with van der Waals surface area (Å²) in [4.78, 5) is 23.3. The molecule has 0 aromatic heterocycles. The molecule has 1 aromatic carbocycles. The Hall–Kier alpha value is -2.04. The summed E-state index contributed by atoms with van der Waals surface area (Å²) in [5.41, 5.74) is 0.287. The molecule has 0 radical (unpaired) electrons. The minimum absolute atomic E-state index is 0.152. The first kappa shape index (κ1) is 14.4. The summed E-state index contributed by atoms with van der Waals surface area (Å²) >= 11 is 0. The molecule has 1 heterocycles. The lowest BCUT2D eigenvalue weighted by Gasteiger charge is -2.23. The molecule has 1 N–H and O–H groups in total. The summed E-state index contributed by atoms with van der Waals surface area (Å²) in [5, 5.41) is 2.71. The van der Waals surface area contributed by atoms with Crippen molar-refractivity contribution >= 4 is 12.1 Å². The van der Waals surface area contributed by atoms with Gasteiger partial charge in [-0.05, 0) is 26.3 Å². The second-order valence-corrected chi connectivity index (χ2v) is 5.78. The van der Waals surface area contributed by atoms with Gasteiger partial charge in [0.05, 0.1) is 12.5 Å². The number of cyclic esters (lactones) is 1. The van der Waals surface area contributed by atoms with Crippen LogP contribution in [0.5, 0.6) is 0 Å². The van der Waals surface area contributed by atoms with Gasteiger partial charge < -0.3 is 14.8 Å². The van der Waals surface area contributed by atoms with Gasteiger partial charge in [-0.25, -0.2) is 4.79 Å². The molecule has 5 heteroatoms. The lowest BCUT2D eigenvalue weighted by molar-refractivity contribution is -0.141. The summed E-state index contributed by atoms with van der Waals surface area (Å²) in [6.45, 7) is 5.37. The Morgan fingerprint density at radius 2 is 1.95 bits per heavy atom. The molecule has 1 saturated heterocycles. The predicted octanol–water partition coefficient (Wildman–Crippen LogP) is 2.57. The van der Waals surface area contributed by atoms with Gasteiger partial charge in [0.15, 0.2) is 0 Å². The molecule has 108 valence electrons. The topological polar surface area (TPSA) is 64.6 Å². The number of esters is 1. The van der Waals surface area contributed by atoms with Gasteiger partial charge in [-0.3, -0.25) is 4.79 Å². The molecule has 0 bridgehead atoms. The van der Waals surface area contributed by atoms with Crippen LogP contribution in [0.2, 0.25) is 0 Å². The summed E-state index contributed by atoms with van der Waals surface area (Å²) in [5.74, 6) is -0.320. The minimum Gasteiger partial charge on any atom is -0.455 e. The second kappa shape index (κ2) is 5.53. The monoisotopic (exact) mass is 277 g/mol. The predicted molar refractivity (Wildman–Crippen MR) is 73.0 cm³/mol. The first-order chi connectivity index (χ1) is 9.35. The van der Waals surface area contributed by atoms with Gasteiger partial charge in [0, 0.05) is 0 Å². The number of hydrogen-bond acceptors (Lipinski definition) is 4. The smallest absolute Gasteiger partial charge is 0.408 e. The van der Waals surface area contributed by atoms with Crippen LogP contribution in [0.25, 0.3) is 0 Å². The zero-order chi connectivity index (χ0) is 14.8. The molecule has 5 nitrogen and oxygen atoms in total. The number of amides is 1. The summed E-state index contributed by atoms with van der Waals surface area (Å²) in [6.07, 6.45) is -0.850. The van der Waals surface area contributed by atoms with E-state index in [1.165, 1.54) is 0 Å². The first-order valence-corrected chi connectivity index (χ1v) is 6.59. The largest absolute Gasteiger partial charge is 0.455 e.